The zero-order valence-corrected chi connectivity index (χ0v) is 10.3. The molecular weight excluding hydrogens is 233 g/mol. The van der Waals surface area contributed by atoms with Crippen LogP contribution in [0.3, 0.4) is 0 Å². The Morgan fingerprint density at radius 1 is 1.50 bits per heavy atom. The molecule has 2 aromatic rings. The van der Waals surface area contributed by atoms with E-state index in [0.717, 1.165) is 5.56 Å². The van der Waals surface area contributed by atoms with Gasteiger partial charge in [-0.15, -0.1) is 0 Å². The lowest BCUT2D eigenvalue weighted by atomic mass is 10.2. The first kappa shape index (κ1) is 12.3. The second kappa shape index (κ2) is 5.00. The first-order chi connectivity index (χ1) is 8.56. The average molecular weight is 247 g/mol. The number of carbonyl (C=O) groups excluding carboxylic acids is 1. The van der Waals surface area contributed by atoms with Crippen LogP contribution in [0.1, 0.15) is 15.9 Å². The van der Waals surface area contributed by atoms with Crippen molar-refractivity contribution in [2.24, 2.45) is 7.05 Å². The zero-order chi connectivity index (χ0) is 13.1. The van der Waals surface area contributed by atoms with Gasteiger partial charge < -0.3 is 4.90 Å². The van der Waals surface area contributed by atoms with Gasteiger partial charge in [-0.3, -0.25) is 9.48 Å². The maximum atomic E-state index is 13.0. The largest absolute Gasteiger partial charge is 0.337 e. The van der Waals surface area contributed by atoms with Crippen molar-refractivity contribution in [2.45, 2.75) is 6.54 Å². The molecule has 0 saturated carbocycles. The molecule has 0 bridgehead atoms. The van der Waals surface area contributed by atoms with Crippen molar-refractivity contribution in [2.75, 3.05) is 7.05 Å². The molecule has 0 fully saturated rings. The Labute approximate surface area is 105 Å². The summed E-state index contributed by atoms with van der Waals surface area (Å²) in [5.41, 5.74) is 1.28. The van der Waals surface area contributed by atoms with E-state index in [1.54, 1.807) is 24.0 Å². The van der Waals surface area contributed by atoms with Gasteiger partial charge in [0.25, 0.3) is 5.91 Å². The van der Waals surface area contributed by atoms with E-state index >= 15 is 0 Å². The van der Waals surface area contributed by atoms with Crippen molar-refractivity contribution in [3.8, 4) is 0 Å². The topological polar surface area (TPSA) is 38.1 Å². The fraction of sp³-hybridized carbons (Fsp3) is 0.231. The Kier molecular flexibility index (Phi) is 3.41. The highest BCUT2D eigenvalue weighted by molar-refractivity contribution is 5.93. The quantitative estimate of drug-likeness (QED) is 0.830. The van der Waals surface area contributed by atoms with Gasteiger partial charge in [0.1, 0.15) is 5.82 Å². The Morgan fingerprint density at radius 3 is 2.89 bits per heavy atom. The molecule has 1 aromatic heterocycles. The second-order valence-electron chi connectivity index (χ2n) is 4.19. The lowest BCUT2D eigenvalue weighted by molar-refractivity contribution is 0.0784. The molecule has 1 amide bonds. The molecule has 0 aliphatic rings. The molecule has 0 N–H and O–H groups in total. The number of nitrogens with zero attached hydrogens (tertiary/aromatic N) is 3. The number of benzene rings is 1. The normalized spacial score (nSPS) is 10.4. The molecule has 4 nitrogen and oxygen atoms in total. The van der Waals surface area contributed by atoms with E-state index in [4.69, 9.17) is 0 Å². The van der Waals surface area contributed by atoms with Crippen molar-refractivity contribution in [1.29, 1.82) is 0 Å². The zero-order valence-electron chi connectivity index (χ0n) is 10.3. The lowest BCUT2D eigenvalue weighted by Crippen LogP contribution is -2.26. The molecule has 0 radical (unpaired) electrons. The van der Waals surface area contributed by atoms with Crippen molar-refractivity contribution in [3.05, 3.63) is 53.6 Å². The van der Waals surface area contributed by atoms with E-state index in [2.05, 4.69) is 5.10 Å². The lowest BCUT2D eigenvalue weighted by Gasteiger charge is -2.16. The van der Waals surface area contributed by atoms with Gasteiger partial charge in [0.05, 0.1) is 6.20 Å². The molecule has 0 aliphatic carbocycles. The number of aryl methyl sites for hydroxylation is 1. The molecule has 2 rings (SSSR count). The summed E-state index contributed by atoms with van der Waals surface area (Å²) in [5.74, 6) is -0.617. The van der Waals surface area contributed by atoms with Crippen LogP contribution in [0.15, 0.2) is 36.7 Å². The van der Waals surface area contributed by atoms with E-state index in [1.807, 2.05) is 13.2 Å². The Balaban J connectivity index is 2.09. The minimum absolute atomic E-state index is 0.210. The minimum Gasteiger partial charge on any atom is -0.337 e. The monoisotopic (exact) mass is 247 g/mol. The molecular formula is C13H14FN3O. The molecule has 1 heterocycles. The molecule has 1 aromatic carbocycles. The third-order valence-electron chi connectivity index (χ3n) is 2.60. The van der Waals surface area contributed by atoms with Gasteiger partial charge in [0.2, 0.25) is 0 Å². The highest BCUT2D eigenvalue weighted by Gasteiger charge is 2.13. The van der Waals surface area contributed by atoms with Crippen LogP contribution in [0.4, 0.5) is 4.39 Å². The fourth-order valence-electron chi connectivity index (χ4n) is 1.74. The smallest absolute Gasteiger partial charge is 0.254 e. The Morgan fingerprint density at radius 2 is 2.28 bits per heavy atom. The van der Waals surface area contributed by atoms with Gasteiger partial charge in [0, 0.05) is 38.0 Å². The summed E-state index contributed by atoms with van der Waals surface area (Å²) in [6.45, 7) is 0.448. The molecule has 0 aliphatic heterocycles. The summed E-state index contributed by atoms with van der Waals surface area (Å²) in [4.78, 5) is 13.6. The van der Waals surface area contributed by atoms with E-state index in [0.29, 0.717) is 12.1 Å². The average Bonchev–Trinajstić information content (AvgIpc) is 2.73. The number of hydrogen-bond acceptors (Lipinski definition) is 2. The molecule has 5 heteroatoms. The van der Waals surface area contributed by atoms with Crippen LogP contribution in [-0.2, 0) is 13.6 Å². The minimum atomic E-state index is -0.407. The van der Waals surface area contributed by atoms with Crippen LogP contribution in [0.2, 0.25) is 0 Å². The first-order valence-electron chi connectivity index (χ1n) is 5.55. The van der Waals surface area contributed by atoms with E-state index in [1.165, 1.54) is 23.1 Å². The molecule has 0 spiro atoms. The maximum absolute atomic E-state index is 13.0. The summed E-state index contributed by atoms with van der Waals surface area (Å²) in [6, 6.07) is 5.69. The number of halogens is 1. The third-order valence-corrected chi connectivity index (χ3v) is 2.60. The van der Waals surface area contributed by atoms with Gasteiger partial charge in [-0.2, -0.15) is 5.10 Å². The standard InChI is InChI=1S/C13H14FN3O/c1-16(8-10-7-15-17(2)9-10)13(18)11-4-3-5-12(14)6-11/h3-7,9H,8H2,1-2H3. The summed E-state index contributed by atoms with van der Waals surface area (Å²) in [6.07, 6.45) is 3.55. The SMILES string of the molecule is CN(Cc1cnn(C)c1)C(=O)c1cccc(F)c1. The number of amides is 1. The summed E-state index contributed by atoms with van der Waals surface area (Å²) < 4.78 is 14.7. The molecule has 0 unspecified atom stereocenters. The number of carbonyl (C=O) groups is 1. The maximum Gasteiger partial charge on any atom is 0.254 e. The van der Waals surface area contributed by atoms with Crippen molar-refractivity contribution in [1.82, 2.24) is 14.7 Å². The van der Waals surface area contributed by atoms with Crippen molar-refractivity contribution in [3.63, 3.8) is 0 Å². The second-order valence-corrected chi connectivity index (χ2v) is 4.19. The predicted molar refractivity (Wildman–Crippen MR) is 65.4 cm³/mol. The molecule has 0 saturated heterocycles. The third kappa shape index (κ3) is 2.74. The van der Waals surface area contributed by atoms with Crippen LogP contribution in [0, 0.1) is 5.82 Å². The van der Waals surface area contributed by atoms with Crippen LogP contribution < -0.4 is 0 Å². The van der Waals surface area contributed by atoms with Gasteiger partial charge in [-0.1, -0.05) is 6.07 Å². The van der Waals surface area contributed by atoms with Gasteiger partial charge in [0.15, 0.2) is 0 Å². The van der Waals surface area contributed by atoms with Crippen LogP contribution in [0.25, 0.3) is 0 Å². The van der Waals surface area contributed by atoms with Crippen LogP contribution >= 0.6 is 0 Å². The Hall–Kier alpha value is -2.17. The predicted octanol–water partition coefficient (Wildman–Crippen LogP) is 1.83. The first-order valence-corrected chi connectivity index (χ1v) is 5.55. The molecule has 0 atom stereocenters. The van der Waals surface area contributed by atoms with Crippen molar-refractivity contribution >= 4 is 5.91 Å². The highest BCUT2D eigenvalue weighted by Crippen LogP contribution is 2.09. The number of rotatable bonds is 3. The Bertz CT molecular complexity index is 565. The van der Waals surface area contributed by atoms with Gasteiger partial charge in [-0.25, -0.2) is 4.39 Å². The fourth-order valence-corrected chi connectivity index (χ4v) is 1.74. The van der Waals surface area contributed by atoms with Crippen LogP contribution in [0.5, 0.6) is 0 Å². The van der Waals surface area contributed by atoms with Gasteiger partial charge in [-0.05, 0) is 18.2 Å². The van der Waals surface area contributed by atoms with E-state index in [9.17, 15) is 9.18 Å². The molecule has 18 heavy (non-hydrogen) atoms. The molecule has 94 valence electrons. The summed E-state index contributed by atoms with van der Waals surface area (Å²) >= 11 is 0. The van der Waals surface area contributed by atoms with Crippen molar-refractivity contribution < 1.29 is 9.18 Å². The van der Waals surface area contributed by atoms with Crippen LogP contribution in [-0.4, -0.2) is 27.6 Å². The van der Waals surface area contributed by atoms with E-state index < -0.39 is 5.82 Å². The summed E-state index contributed by atoms with van der Waals surface area (Å²) in [5, 5.41) is 4.03. The summed E-state index contributed by atoms with van der Waals surface area (Å²) in [7, 11) is 3.50. The van der Waals surface area contributed by atoms with Gasteiger partial charge >= 0.3 is 0 Å². The highest BCUT2D eigenvalue weighted by atomic mass is 19.1. The number of hydrogen-bond donors (Lipinski definition) is 0. The number of aromatic nitrogens is 2. The van der Waals surface area contributed by atoms with E-state index in [-0.39, 0.29) is 5.91 Å².